The Kier molecular flexibility index (Phi) is 5.68. The van der Waals surface area contributed by atoms with Crippen LogP contribution in [0.3, 0.4) is 0 Å². The summed E-state index contributed by atoms with van der Waals surface area (Å²) in [6.45, 7) is 3.22. The molecule has 14 heavy (non-hydrogen) atoms. The van der Waals surface area contributed by atoms with Gasteiger partial charge in [0.15, 0.2) is 0 Å². The molecule has 0 saturated carbocycles. The SMILES string of the molecule is CCCCCCn1cc(CCS)nn1. The van der Waals surface area contributed by atoms with Crippen LogP contribution < -0.4 is 0 Å². The van der Waals surface area contributed by atoms with Crippen LogP contribution in [0, 0.1) is 0 Å². The van der Waals surface area contributed by atoms with Crippen molar-refractivity contribution in [3.63, 3.8) is 0 Å². The van der Waals surface area contributed by atoms with E-state index in [1.54, 1.807) is 0 Å². The molecule has 0 saturated heterocycles. The lowest BCUT2D eigenvalue weighted by Crippen LogP contribution is -1.98. The Hall–Kier alpha value is -0.510. The molecule has 0 bridgehead atoms. The molecule has 0 aromatic carbocycles. The Morgan fingerprint density at radius 1 is 1.36 bits per heavy atom. The standard InChI is InChI=1S/C10H19N3S/c1-2-3-4-5-7-13-9-10(6-8-14)11-12-13/h9,14H,2-8H2,1H3. The summed E-state index contributed by atoms with van der Waals surface area (Å²) in [7, 11) is 0. The van der Waals surface area contributed by atoms with Gasteiger partial charge in [-0.05, 0) is 12.2 Å². The number of rotatable bonds is 7. The summed E-state index contributed by atoms with van der Waals surface area (Å²) in [4.78, 5) is 0. The van der Waals surface area contributed by atoms with E-state index in [0.29, 0.717) is 0 Å². The minimum atomic E-state index is 0.842. The maximum absolute atomic E-state index is 4.16. The second-order valence-electron chi connectivity index (χ2n) is 3.51. The molecular weight excluding hydrogens is 194 g/mol. The van der Waals surface area contributed by atoms with E-state index >= 15 is 0 Å². The van der Waals surface area contributed by atoms with Crippen LogP contribution in [0.4, 0.5) is 0 Å². The number of unbranched alkanes of at least 4 members (excludes halogenated alkanes) is 3. The van der Waals surface area contributed by atoms with Gasteiger partial charge in [0.2, 0.25) is 0 Å². The molecule has 1 rings (SSSR count). The molecule has 4 heteroatoms. The number of aryl methyl sites for hydroxylation is 2. The average Bonchev–Trinajstić information content (AvgIpc) is 2.61. The van der Waals surface area contributed by atoms with Crippen LogP contribution in [0.5, 0.6) is 0 Å². The minimum Gasteiger partial charge on any atom is -0.252 e. The summed E-state index contributed by atoms with van der Waals surface area (Å²) in [5, 5.41) is 8.13. The van der Waals surface area contributed by atoms with E-state index in [-0.39, 0.29) is 0 Å². The van der Waals surface area contributed by atoms with Crippen molar-refractivity contribution in [2.45, 2.75) is 45.6 Å². The van der Waals surface area contributed by atoms with E-state index < -0.39 is 0 Å². The molecule has 0 aliphatic heterocycles. The minimum absolute atomic E-state index is 0.842. The number of thiol groups is 1. The lowest BCUT2D eigenvalue weighted by Gasteiger charge is -1.98. The number of hydrogen-bond acceptors (Lipinski definition) is 3. The average molecular weight is 213 g/mol. The van der Waals surface area contributed by atoms with Gasteiger partial charge < -0.3 is 0 Å². The van der Waals surface area contributed by atoms with Gasteiger partial charge in [0.05, 0.1) is 5.69 Å². The van der Waals surface area contributed by atoms with Gasteiger partial charge in [0.1, 0.15) is 0 Å². The fourth-order valence-corrected chi connectivity index (χ4v) is 1.61. The summed E-state index contributed by atoms with van der Waals surface area (Å²) in [6.07, 6.45) is 8.04. The summed E-state index contributed by atoms with van der Waals surface area (Å²) < 4.78 is 1.94. The number of hydrogen-bond donors (Lipinski definition) is 1. The summed E-state index contributed by atoms with van der Waals surface area (Å²) in [5.74, 6) is 0.842. The second kappa shape index (κ2) is 6.87. The van der Waals surface area contributed by atoms with Gasteiger partial charge in [-0.1, -0.05) is 31.4 Å². The second-order valence-corrected chi connectivity index (χ2v) is 3.95. The molecule has 80 valence electrons. The van der Waals surface area contributed by atoms with Gasteiger partial charge in [-0.25, -0.2) is 0 Å². The van der Waals surface area contributed by atoms with E-state index in [0.717, 1.165) is 24.4 Å². The van der Waals surface area contributed by atoms with Gasteiger partial charge in [0, 0.05) is 19.2 Å². The van der Waals surface area contributed by atoms with E-state index in [1.807, 2.05) is 10.9 Å². The van der Waals surface area contributed by atoms with Crippen molar-refractivity contribution in [3.8, 4) is 0 Å². The van der Waals surface area contributed by atoms with Crippen molar-refractivity contribution in [1.82, 2.24) is 15.0 Å². The van der Waals surface area contributed by atoms with E-state index in [2.05, 4.69) is 29.9 Å². The summed E-state index contributed by atoms with van der Waals surface area (Å²) in [5.41, 5.74) is 1.05. The summed E-state index contributed by atoms with van der Waals surface area (Å²) >= 11 is 4.16. The van der Waals surface area contributed by atoms with E-state index in [1.165, 1.54) is 25.7 Å². The van der Waals surface area contributed by atoms with Crippen molar-refractivity contribution in [2.75, 3.05) is 5.75 Å². The molecule has 0 spiro atoms. The smallest absolute Gasteiger partial charge is 0.0835 e. The predicted molar refractivity (Wildman–Crippen MR) is 61.7 cm³/mol. The highest BCUT2D eigenvalue weighted by atomic mass is 32.1. The van der Waals surface area contributed by atoms with Gasteiger partial charge in [-0.3, -0.25) is 4.68 Å². The van der Waals surface area contributed by atoms with Gasteiger partial charge >= 0.3 is 0 Å². The number of nitrogens with zero attached hydrogens (tertiary/aromatic N) is 3. The molecule has 1 aromatic rings. The molecule has 3 nitrogen and oxygen atoms in total. The molecule has 0 unspecified atom stereocenters. The Morgan fingerprint density at radius 3 is 2.93 bits per heavy atom. The molecule has 0 N–H and O–H groups in total. The number of aromatic nitrogens is 3. The zero-order valence-corrected chi connectivity index (χ0v) is 9.71. The lowest BCUT2D eigenvalue weighted by molar-refractivity contribution is 0.527. The quantitative estimate of drug-likeness (QED) is 0.556. The molecule has 1 heterocycles. The van der Waals surface area contributed by atoms with Crippen LogP contribution in [-0.4, -0.2) is 20.7 Å². The lowest BCUT2D eigenvalue weighted by atomic mass is 10.2. The first-order chi connectivity index (χ1) is 6.86. The third-order valence-electron chi connectivity index (χ3n) is 2.19. The van der Waals surface area contributed by atoms with Crippen LogP contribution in [0.25, 0.3) is 0 Å². The highest BCUT2D eigenvalue weighted by molar-refractivity contribution is 7.80. The van der Waals surface area contributed by atoms with Gasteiger partial charge in [0.25, 0.3) is 0 Å². The first-order valence-corrected chi connectivity index (χ1v) is 6.00. The van der Waals surface area contributed by atoms with Crippen LogP contribution in [-0.2, 0) is 13.0 Å². The Balaban J connectivity index is 2.22. The summed E-state index contributed by atoms with van der Waals surface area (Å²) in [6, 6.07) is 0. The van der Waals surface area contributed by atoms with Crippen LogP contribution in [0.2, 0.25) is 0 Å². The third kappa shape index (κ3) is 4.13. The molecule has 0 fully saturated rings. The zero-order valence-electron chi connectivity index (χ0n) is 8.82. The normalized spacial score (nSPS) is 10.7. The van der Waals surface area contributed by atoms with Crippen molar-refractivity contribution >= 4 is 12.6 Å². The largest absolute Gasteiger partial charge is 0.252 e. The third-order valence-corrected chi connectivity index (χ3v) is 2.42. The first kappa shape index (κ1) is 11.6. The van der Waals surface area contributed by atoms with Gasteiger partial charge in [-0.15, -0.1) is 5.10 Å². The highest BCUT2D eigenvalue weighted by Gasteiger charge is 1.98. The Morgan fingerprint density at radius 2 is 2.21 bits per heavy atom. The predicted octanol–water partition coefficient (Wildman–Crippen LogP) is 2.33. The van der Waals surface area contributed by atoms with Crippen molar-refractivity contribution in [1.29, 1.82) is 0 Å². The van der Waals surface area contributed by atoms with Crippen LogP contribution >= 0.6 is 12.6 Å². The van der Waals surface area contributed by atoms with Crippen LogP contribution in [0.15, 0.2) is 6.20 Å². The molecule has 0 aliphatic rings. The van der Waals surface area contributed by atoms with E-state index in [4.69, 9.17) is 0 Å². The maximum Gasteiger partial charge on any atom is 0.0835 e. The zero-order chi connectivity index (χ0) is 10.2. The molecule has 0 aliphatic carbocycles. The fraction of sp³-hybridized carbons (Fsp3) is 0.800. The highest BCUT2D eigenvalue weighted by Crippen LogP contribution is 2.02. The topological polar surface area (TPSA) is 30.7 Å². The molecular formula is C10H19N3S. The molecule has 0 radical (unpaired) electrons. The maximum atomic E-state index is 4.16. The molecule has 0 atom stereocenters. The fourth-order valence-electron chi connectivity index (χ4n) is 1.38. The van der Waals surface area contributed by atoms with Gasteiger partial charge in [-0.2, -0.15) is 12.6 Å². The van der Waals surface area contributed by atoms with Crippen molar-refractivity contribution < 1.29 is 0 Å². The Labute approximate surface area is 91.3 Å². The first-order valence-electron chi connectivity index (χ1n) is 5.36. The Bertz CT molecular complexity index is 247. The van der Waals surface area contributed by atoms with Crippen molar-refractivity contribution in [2.24, 2.45) is 0 Å². The van der Waals surface area contributed by atoms with Crippen molar-refractivity contribution in [3.05, 3.63) is 11.9 Å². The monoisotopic (exact) mass is 213 g/mol. The molecule has 1 aromatic heterocycles. The van der Waals surface area contributed by atoms with Crippen LogP contribution in [0.1, 0.15) is 38.3 Å². The molecule has 0 amide bonds. The van der Waals surface area contributed by atoms with E-state index in [9.17, 15) is 0 Å².